The molecule has 8 nitrogen and oxygen atoms in total. The number of hydrogen-bond acceptors (Lipinski definition) is 6. The van der Waals surface area contributed by atoms with E-state index in [1.54, 1.807) is 30.8 Å². The van der Waals surface area contributed by atoms with Crippen LogP contribution in [0.4, 0.5) is 11.5 Å². The first-order valence-corrected chi connectivity index (χ1v) is 10.3. The second kappa shape index (κ2) is 8.69. The monoisotopic (exact) mass is 418 g/mol. The summed E-state index contributed by atoms with van der Waals surface area (Å²) in [7, 11) is 2.11. The van der Waals surface area contributed by atoms with Crippen LogP contribution in [-0.2, 0) is 4.79 Å². The van der Waals surface area contributed by atoms with Gasteiger partial charge in [0.1, 0.15) is 5.82 Å². The third-order valence-electron chi connectivity index (χ3n) is 5.58. The molecule has 31 heavy (non-hydrogen) atoms. The van der Waals surface area contributed by atoms with Crippen molar-refractivity contribution in [1.82, 2.24) is 19.7 Å². The van der Waals surface area contributed by atoms with E-state index in [9.17, 15) is 9.59 Å². The van der Waals surface area contributed by atoms with Crippen molar-refractivity contribution in [1.29, 1.82) is 0 Å². The molecular weight excluding hydrogens is 392 g/mol. The first kappa shape index (κ1) is 20.7. The highest BCUT2D eigenvalue weighted by molar-refractivity contribution is 6.47. The van der Waals surface area contributed by atoms with Crippen molar-refractivity contribution in [3.8, 4) is 5.69 Å². The highest BCUT2D eigenvalue weighted by atomic mass is 16.2. The van der Waals surface area contributed by atoms with E-state index in [0.717, 1.165) is 37.6 Å². The van der Waals surface area contributed by atoms with Crippen molar-refractivity contribution in [3.05, 3.63) is 65.6 Å². The van der Waals surface area contributed by atoms with E-state index >= 15 is 0 Å². The van der Waals surface area contributed by atoms with Crippen LogP contribution in [-0.4, -0.2) is 64.6 Å². The zero-order valence-electron chi connectivity index (χ0n) is 18.0. The van der Waals surface area contributed by atoms with E-state index < -0.39 is 11.7 Å². The number of Topliss-reactive ketones (excluding diaryl/α,β-unsaturated/α-hetero) is 1. The number of likely N-dealkylation sites (N-methyl/N-ethyl adjacent to an activating group) is 1. The average Bonchev–Trinajstić information content (AvgIpc) is 3.09. The lowest BCUT2D eigenvalue weighted by Gasteiger charge is -2.33. The second-order valence-corrected chi connectivity index (χ2v) is 7.77. The number of aromatic nitrogens is 3. The Morgan fingerprint density at radius 3 is 2.29 bits per heavy atom. The number of nitrogens with zero attached hydrogens (tertiary/aromatic N) is 5. The van der Waals surface area contributed by atoms with Gasteiger partial charge in [0, 0.05) is 26.2 Å². The first-order valence-electron chi connectivity index (χ1n) is 10.3. The van der Waals surface area contributed by atoms with Crippen molar-refractivity contribution < 1.29 is 9.59 Å². The molecule has 0 aliphatic carbocycles. The van der Waals surface area contributed by atoms with Gasteiger partial charge in [0.25, 0.3) is 11.7 Å². The van der Waals surface area contributed by atoms with Crippen LogP contribution in [0.15, 0.2) is 48.7 Å². The Kier molecular flexibility index (Phi) is 5.81. The van der Waals surface area contributed by atoms with Crippen LogP contribution < -0.4 is 10.2 Å². The maximum absolute atomic E-state index is 12.9. The number of piperazine rings is 1. The summed E-state index contributed by atoms with van der Waals surface area (Å²) < 4.78 is 1.68. The van der Waals surface area contributed by atoms with Crippen molar-refractivity contribution in [2.75, 3.05) is 43.4 Å². The number of hydrogen-bond donors (Lipinski definition) is 1. The van der Waals surface area contributed by atoms with Crippen molar-refractivity contribution in [3.63, 3.8) is 0 Å². The molecule has 1 aromatic carbocycles. The Hall–Kier alpha value is -3.52. The third-order valence-corrected chi connectivity index (χ3v) is 5.58. The molecular formula is C23H26N6O2. The summed E-state index contributed by atoms with van der Waals surface area (Å²) in [4.78, 5) is 34.4. The maximum Gasteiger partial charge on any atom is 0.298 e. The molecule has 160 valence electrons. The van der Waals surface area contributed by atoms with E-state index in [1.807, 2.05) is 36.4 Å². The molecule has 0 radical (unpaired) electrons. The minimum absolute atomic E-state index is 0.315. The Balaban J connectivity index is 1.47. The quantitative estimate of drug-likeness (QED) is 0.506. The highest BCUT2D eigenvalue weighted by Crippen LogP contribution is 2.20. The minimum atomic E-state index is -0.723. The third kappa shape index (κ3) is 4.34. The molecule has 1 aliphatic rings. The molecule has 0 spiro atoms. The van der Waals surface area contributed by atoms with E-state index in [0.29, 0.717) is 22.8 Å². The summed E-state index contributed by atoms with van der Waals surface area (Å²) in [5, 5.41) is 7.07. The van der Waals surface area contributed by atoms with Gasteiger partial charge in [-0.05, 0) is 45.2 Å². The number of ketones is 1. The number of benzene rings is 1. The van der Waals surface area contributed by atoms with Gasteiger partial charge in [-0.2, -0.15) is 5.10 Å². The summed E-state index contributed by atoms with van der Waals surface area (Å²) in [6.45, 7) is 7.40. The topological polar surface area (TPSA) is 83.4 Å². The lowest BCUT2D eigenvalue weighted by molar-refractivity contribution is -0.112. The molecule has 0 saturated carbocycles. The highest BCUT2D eigenvalue weighted by Gasteiger charge is 2.25. The molecule has 0 atom stereocenters. The van der Waals surface area contributed by atoms with Crippen LogP contribution in [0.25, 0.3) is 5.69 Å². The SMILES string of the molecule is Cc1nn(-c2ccccc2)c(C)c1C(=O)C(=O)Nc1ccc(N2CCN(C)CC2)cn1. The molecule has 1 aliphatic heterocycles. The van der Waals surface area contributed by atoms with Crippen molar-refractivity contribution in [2.45, 2.75) is 13.8 Å². The number of amides is 1. The predicted molar refractivity (Wildman–Crippen MR) is 120 cm³/mol. The van der Waals surface area contributed by atoms with Gasteiger partial charge in [-0.3, -0.25) is 9.59 Å². The molecule has 0 unspecified atom stereocenters. The zero-order chi connectivity index (χ0) is 22.0. The number of aryl methyl sites for hydroxylation is 1. The number of nitrogens with one attached hydrogen (secondary N) is 1. The number of rotatable bonds is 5. The van der Waals surface area contributed by atoms with Gasteiger partial charge >= 0.3 is 0 Å². The standard InChI is InChI=1S/C23H26N6O2/c1-16-21(17(2)29(26-16)18-7-5-4-6-8-18)22(30)23(31)25-20-10-9-19(15-24-20)28-13-11-27(3)12-14-28/h4-10,15H,11-14H2,1-3H3,(H,24,25,31). The van der Waals surface area contributed by atoms with Gasteiger partial charge in [-0.25, -0.2) is 9.67 Å². The van der Waals surface area contributed by atoms with Crippen LogP contribution in [0.3, 0.4) is 0 Å². The minimum Gasteiger partial charge on any atom is -0.368 e. The van der Waals surface area contributed by atoms with Crippen LogP contribution in [0.1, 0.15) is 21.7 Å². The summed E-state index contributed by atoms with van der Waals surface area (Å²) in [5.74, 6) is -0.997. The fourth-order valence-electron chi connectivity index (χ4n) is 3.79. The molecule has 4 rings (SSSR count). The number of carbonyl (C=O) groups is 2. The second-order valence-electron chi connectivity index (χ2n) is 7.77. The Morgan fingerprint density at radius 1 is 0.935 bits per heavy atom. The van der Waals surface area contributed by atoms with Gasteiger partial charge in [0.2, 0.25) is 0 Å². The molecule has 0 bridgehead atoms. The number of para-hydroxylation sites is 1. The molecule has 8 heteroatoms. The van der Waals surface area contributed by atoms with E-state index in [1.165, 1.54) is 0 Å². The fraction of sp³-hybridized carbons (Fsp3) is 0.304. The molecule has 2 aromatic heterocycles. The Morgan fingerprint density at radius 2 is 1.65 bits per heavy atom. The number of anilines is 2. The number of carbonyl (C=O) groups excluding carboxylic acids is 2. The fourth-order valence-corrected chi connectivity index (χ4v) is 3.79. The molecule has 1 saturated heterocycles. The molecule has 3 aromatic rings. The normalized spacial score (nSPS) is 14.5. The largest absolute Gasteiger partial charge is 0.368 e. The summed E-state index contributed by atoms with van der Waals surface area (Å²) in [6, 6.07) is 13.2. The zero-order valence-corrected chi connectivity index (χ0v) is 18.0. The van der Waals surface area contributed by atoms with Gasteiger partial charge in [0.15, 0.2) is 0 Å². The Labute approximate surface area is 181 Å². The van der Waals surface area contributed by atoms with Crippen LogP contribution in [0.5, 0.6) is 0 Å². The molecule has 1 N–H and O–H groups in total. The van der Waals surface area contributed by atoms with Gasteiger partial charge < -0.3 is 15.1 Å². The van der Waals surface area contributed by atoms with Crippen LogP contribution in [0, 0.1) is 13.8 Å². The summed E-state index contributed by atoms with van der Waals surface area (Å²) in [6.07, 6.45) is 1.73. The van der Waals surface area contributed by atoms with Gasteiger partial charge in [-0.1, -0.05) is 18.2 Å². The maximum atomic E-state index is 12.9. The first-order chi connectivity index (χ1) is 14.9. The van der Waals surface area contributed by atoms with Crippen molar-refractivity contribution in [2.24, 2.45) is 0 Å². The van der Waals surface area contributed by atoms with E-state index in [-0.39, 0.29) is 0 Å². The van der Waals surface area contributed by atoms with E-state index in [4.69, 9.17) is 0 Å². The van der Waals surface area contributed by atoms with Crippen LogP contribution in [0.2, 0.25) is 0 Å². The molecule has 3 heterocycles. The summed E-state index contributed by atoms with van der Waals surface area (Å²) >= 11 is 0. The Bertz CT molecular complexity index is 1080. The van der Waals surface area contributed by atoms with Gasteiger partial charge in [-0.15, -0.1) is 0 Å². The van der Waals surface area contributed by atoms with Crippen molar-refractivity contribution >= 4 is 23.2 Å². The molecule has 1 fully saturated rings. The predicted octanol–water partition coefficient (Wildman–Crippen LogP) is 2.46. The lowest BCUT2D eigenvalue weighted by atomic mass is 10.1. The average molecular weight is 419 g/mol. The summed E-state index contributed by atoms with van der Waals surface area (Å²) in [5.41, 5.74) is 3.30. The molecule has 1 amide bonds. The smallest absolute Gasteiger partial charge is 0.298 e. The lowest BCUT2D eigenvalue weighted by Crippen LogP contribution is -2.44. The van der Waals surface area contributed by atoms with Crippen LogP contribution >= 0.6 is 0 Å². The van der Waals surface area contributed by atoms with E-state index in [2.05, 4.69) is 32.2 Å². The number of pyridine rings is 1. The van der Waals surface area contributed by atoms with Gasteiger partial charge in [0.05, 0.1) is 34.5 Å².